The highest BCUT2D eigenvalue weighted by Gasteiger charge is 2.38. The molecule has 0 radical (unpaired) electrons. The molecule has 0 bridgehead atoms. The third kappa shape index (κ3) is 4.96. The van der Waals surface area contributed by atoms with Gasteiger partial charge in [0.15, 0.2) is 0 Å². The van der Waals surface area contributed by atoms with Crippen LogP contribution < -0.4 is 4.74 Å². The summed E-state index contributed by atoms with van der Waals surface area (Å²) in [5.41, 5.74) is 0.713. The van der Waals surface area contributed by atoms with Gasteiger partial charge in [0.25, 0.3) is 0 Å². The first-order valence-electron chi connectivity index (χ1n) is 9.78. The smallest absolute Gasteiger partial charge is 0.120 e. The molecule has 1 heterocycles. The molecular formula is C21H33NO3. The molecular weight excluding hydrogens is 314 g/mol. The van der Waals surface area contributed by atoms with Crippen molar-refractivity contribution in [3.8, 4) is 5.75 Å². The molecule has 1 aliphatic heterocycles. The molecule has 0 aromatic heterocycles. The number of hydrogen-bond acceptors (Lipinski definition) is 4. The van der Waals surface area contributed by atoms with E-state index in [0.717, 1.165) is 38.2 Å². The van der Waals surface area contributed by atoms with E-state index < -0.39 is 5.60 Å². The van der Waals surface area contributed by atoms with E-state index in [0.29, 0.717) is 12.7 Å². The van der Waals surface area contributed by atoms with Gasteiger partial charge >= 0.3 is 0 Å². The van der Waals surface area contributed by atoms with E-state index in [1.54, 1.807) is 7.11 Å². The second kappa shape index (κ2) is 8.52. The number of methoxy groups -OCH3 is 1. The number of aliphatic hydroxyl groups is 1. The Morgan fingerprint density at radius 1 is 1.28 bits per heavy atom. The zero-order valence-corrected chi connectivity index (χ0v) is 15.7. The minimum Gasteiger partial charge on any atom is -0.490 e. The normalized spacial score (nSPS) is 28.4. The average Bonchev–Trinajstić information content (AvgIpc) is 3.10. The molecule has 2 fully saturated rings. The summed E-state index contributed by atoms with van der Waals surface area (Å²) in [4.78, 5) is 2.45. The van der Waals surface area contributed by atoms with Crippen LogP contribution in [0, 0.1) is 5.92 Å². The number of hydrogen-bond donors (Lipinski definition) is 1. The number of piperidine rings is 1. The van der Waals surface area contributed by atoms with Crippen LogP contribution in [0.5, 0.6) is 5.75 Å². The van der Waals surface area contributed by atoms with Crippen LogP contribution in [0.4, 0.5) is 0 Å². The second-order valence-corrected chi connectivity index (χ2v) is 7.90. The van der Waals surface area contributed by atoms with Gasteiger partial charge in [0.05, 0.1) is 11.7 Å². The highest BCUT2D eigenvalue weighted by molar-refractivity contribution is 5.28. The van der Waals surface area contributed by atoms with Crippen molar-refractivity contribution in [3.05, 3.63) is 29.8 Å². The molecule has 3 rings (SSSR count). The maximum atomic E-state index is 10.8. The molecule has 0 amide bonds. The fourth-order valence-electron chi connectivity index (χ4n) is 4.21. The highest BCUT2D eigenvalue weighted by atomic mass is 16.5. The lowest BCUT2D eigenvalue weighted by Gasteiger charge is -2.43. The Balaban J connectivity index is 1.54. The number of likely N-dealkylation sites (tertiary alicyclic amines) is 1. The van der Waals surface area contributed by atoms with Crippen molar-refractivity contribution >= 4 is 0 Å². The zero-order chi connectivity index (χ0) is 17.7. The number of benzene rings is 1. The maximum absolute atomic E-state index is 10.8. The van der Waals surface area contributed by atoms with Crippen molar-refractivity contribution in [3.63, 3.8) is 0 Å². The summed E-state index contributed by atoms with van der Waals surface area (Å²) in [6, 6.07) is 8.54. The summed E-state index contributed by atoms with van der Waals surface area (Å²) in [5.74, 6) is 1.26. The van der Waals surface area contributed by atoms with Crippen molar-refractivity contribution in [2.24, 2.45) is 5.92 Å². The third-order valence-electron chi connectivity index (χ3n) is 5.96. The molecule has 1 saturated heterocycles. The van der Waals surface area contributed by atoms with Gasteiger partial charge in [0.1, 0.15) is 5.75 Å². The Bertz CT molecular complexity index is 544. The van der Waals surface area contributed by atoms with Gasteiger partial charge in [-0.25, -0.2) is 0 Å². The van der Waals surface area contributed by atoms with Gasteiger partial charge in [-0.05, 0) is 62.1 Å². The maximum Gasteiger partial charge on any atom is 0.120 e. The number of ether oxygens (including phenoxy) is 2. The van der Waals surface area contributed by atoms with Gasteiger partial charge in [-0.3, -0.25) is 4.90 Å². The Morgan fingerprint density at radius 2 is 2.08 bits per heavy atom. The average molecular weight is 347 g/mol. The Morgan fingerprint density at radius 3 is 2.80 bits per heavy atom. The first-order valence-corrected chi connectivity index (χ1v) is 9.78. The van der Waals surface area contributed by atoms with E-state index >= 15 is 0 Å². The quantitative estimate of drug-likeness (QED) is 0.818. The molecule has 140 valence electrons. The van der Waals surface area contributed by atoms with E-state index in [9.17, 15) is 5.11 Å². The van der Waals surface area contributed by atoms with Gasteiger partial charge in [0, 0.05) is 33.4 Å². The molecule has 25 heavy (non-hydrogen) atoms. The van der Waals surface area contributed by atoms with E-state index in [1.807, 2.05) is 0 Å². The van der Waals surface area contributed by atoms with Gasteiger partial charge in [-0.15, -0.1) is 0 Å². The van der Waals surface area contributed by atoms with Crippen molar-refractivity contribution in [1.82, 2.24) is 4.90 Å². The molecule has 4 nitrogen and oxygen atoms in total. The van der Waals surface area contributed by atoms with Crippen molar-refractivity contribution in [1.29, 1.82) is 0 Å². The first-order chi connectivity index (χ1) is 12.1. The lowest BCUT2D eigenvalue weighted by Crippen LogP contribution is -2.51. The first kappa shape index (κ1) is 18.7. The molecule has 1 aromatic carbocycles. The summed E-state index contributed by atoms with van der Waals surface area (Å²) in [5, 5.41) is 10.8. The van der Waals surface area contributed by atoms with Gasteiger partial charge in [-0.2, -0.15) is 0 Å². The highest BCUT2D eigenvalue weighted by Crippen LogP contribution is 2.32. The van der Waals surface area contributed by atoms with Gasteiger partial charge in [-0.1, -0.05) is 19.1 Å². The topological polar surface area (TPSA) is 41.9 Å². The van der Waals surface area contributed by atoms with E-state index in [2.05, 4.69) is 36.1 Å². The largest absolute Gasteiger partial charge is 0.490 e. The fourth-order valence-corrected chi connectivity index (χ4v) is 4.21. The van der Waals surface area contributed by atoms with Crippen LogP contribution in [0.1, 0.15) is 51.0 Å². The Kier molecular flexibility index (Phi) is 6.37. The summed E-state index contributed by atoms with van der Waals surface area (Å²) in [6.07, 6.45) is 6.91. The fraction of sp³-hybridized carbons (Fsp3) is 0.714. The summed E-state index contributed by atoms with van der Waals surface area (Å²) >= 11 is 0. The summed E-state index contributed by atoms with van der Waals surface area (Å²) < 4.78 is 11.3. The molecule has 2 atom stereocenters. The van der Waals surface area contributed by atoms with Gasteiger partial charge in [0.2, 0.25) is 0 Å². The lowest BCUT2D eigenvalue weighted by molar-refractivity contribution is -0.0827. The van der Waals surface area contributed by atoms with Crippen LogP contribution in [-0.2, 0) is 11.3 Å². The van der Waals surface area contributed by atoms with Crippen LogP contribution in [0.2, 0.25) is 0 Å². The minimum atomic E-state index is -0.583. The molecule has 1 aromatic rings. The van der Waals surface area contributed by atoms with Crippen LogP contribution in [-0.4, -0.2) is 48.5 Å². The van der Waals surface area contributed by atoms with Gasteiger partial charge < -0.3 is 14.6 Å². The number of rotatable bonds is 7. The van der Waals surface area contributed by atoms with E-state index in [1.165, 1.54) is 31.2 Å². The monoisotopic (exact) mass is 347 g/mol. The standard InChI is InChI=1S/C21H33NO3/c1-17-15-22(12-10-21(17,23)11-13-24-2)16-18-6-5-9-20(14-18)25-19-7-3-4-8-19/h5-6,9,14,17,19,23H,3-4,7-8,10-13,15-16H2,1-2H3/t17-,21-/m1/s1. The Labute approximate surface area is 152 Å². The second-order valence-electron chi connectivity index (χ2n) is 7.90. The molecule has 2 aliphatic rings. The minimum absolute atomic E-state index is 0.259. The number of nitrogens with zero attached hydrogens (tertiary/aromatic N) is 1. The van der Waals surface area contributed by atoms with Crippen LogP contribution >= 0.6 is 0 Å². The summed E-state index contributed by atoms with van der Waals surface area (Å²) in [6.45, 7) is 5.56. The van der Waals surface area contributed by atoms with Crippen LogP contribution in [0.3, 0.4) is 0 Å². The van der Waals surface area contributed by atoms with Crippen LogP contribution in [0.25, 0.3) is 0 Å². The van der Waals surface area contributed by atoms with Crippen LogP contribution in [0.15, 0.2) is 24.3 Å². The molecule has 0 unspecified atom stereocenters. The molecule has 0 spiro atoms. The lowest BCUT2D eigenvalue weighted by atomic mass is 9.80. The Hall–Kier alpha value is -1.10. The molecule has 1 saturated carbocycles. The van der Waals surface area contributed by atoms with E-state index in [4.69, 9.17) is 9.47 Å². The van der Waals surface area contributed by atoms with Crippen molar-refractivity contribution in [2.45, 2.75) is 63.7 Å². The SMILES string of the molecule is COCC[C@]1(O)CCN(Cc2cccc(OC3CCCC3)c2)C[C@H]1C. The molecule has 1 N–H and O–H groups in total. The van der Waals surface area contributed by atoms with Crippen molar-refractivity contribution in [2.75, 3.05) is 26.8 Å². The predicted molar refractivity (Wildman–Crippen MR) is 99.8 cm³/mol. The van der Waals surface area contributed by atoms with E-state index in [-0.39, 0.29) is 5.92 Å². The predicted octanol–water partition coefficient (Wildman–Crippen LogP) is 3.62. The zero-order valence-electron chi connectivity index (χ0n) is 15.7. The van der Waals surface area contributed by atoms with Crippen molar-refractivity contribution < 1.29 is 14.6 Å². The molecule has 4 heteroatoms. The summed E-state index contributed by atoms with van der Waals surface area (Å²) in [7, 11) is 1.70. The third-order valence-corrected chi connectivity index (χ3v) is 5.96. The molecule has 1 aliphatic carbocycles.